The molecule has 1 fully saturated rings. The molecule has 0 aromatic rings. The molecule has 1 N–H and O–H groups in total. The van der Waals surface area contributed by atoms with Crippen molar-refractivity contribution in [2.75, 3.05) is 6.61 Å². The fraction of sp³-hybridized carbons (Fsp3) is 0.733. The highest BCUT2D eigenvalue weighted by Gasteiger charge is 2.41. The number of aliphatic hydroxyl groups is 1. The van der Waals surface area contributed by atoms with Gasteiger partial charge < -0.3 is 9.53 Å². The van der Waals surface area contributed by atoms with Gasteiger partial charge in [-0.15, -0.1) is 0 Å². The third-order valence-electron chi connectivity index (χ3n) is 4.31. The van der Waals surface area contributed by atoms with E-state index in [9.17, 15) is 4.39 Å². The fourth-order valence-corrected chi connectivity index (χ4v) is 3.41. The Balaban J connectivity index is 2.81. The molecule has 1 rings (SSSR count). The molecule has 1 saturated carbocycles. The minimum atomic E-state index is -1.88. The summed E-state index contributed by atoms with van der Waals surface area (Å²) in [5.74, 6) is 0. The van der Waals surface area contributed by atoms with Gasteiger partial charge in [0, 0.05) is 6.42 Å². The first-order chi connectivity index (χ1) is 8.58. The zero-order valence-electron chi connectivity index (χ0n) is 12.8. The molecule has 4 heteroatoms. The quantitative estimate of drug-likeness (QED) is 0.795. The van der Waals surface area contributed by atoms with Crippen molar-refractivity contribution < 1.29 is 13.9 Å². The van der Waals surface area contributed by atoms with Crippen LogP contribution < -0.4 is 0 Å². The average molecular weight is 286 g/mol. The van der Waals surface area contributed by atoms with Crippen LogP contribution in [0.5, 0.6) is 0 Å². The minimum absolute atomic E-state index is 0.0755. The first-order valence-corrected chi connectivity index (χ1v) is 9.80. The number of halogens is 1. The number of alkyl halides is 1. The highest BCUT2D eigenvalue weighted by molar-refractivity contribution is 6.74. The summed E-state index contributed by atoms with van der Waals surface area (Å²) in [6.45, 7) is 14.6. The lowest BCUT2D eigenvalue weighted by Gasteiger charge is -2.41. The molecule has 0 saturated heterocycles. The maximum absolute atomic E-state index is 14.0. The van der Waals surface area contributed by atoms with Crippen molar-refractivity contribution in [3.05, 3.63) is 23.8 Å². The predicted octanol–water partition coefficient (Wildman–Crippen LogP) is 3.98. The van der Waals surface area contributed by atoms with E-state index >= 15 is 0 Å². The molecule has 0 amide bonds. The minimum Gasteiger partial charge on any atom is -0.413 e. The average Bonchev–Trinajstić information content (AvgIpc) is 2.23. The van der Waals surface area contributed by atoms with Crippen molar-refractivity contribution in [3.63, 3.8) is 0 Å². The molecule has 0 radical (unpaired) electrons. The first-order valence-electron chi connectivity index (χ1n) is 6.89. The summed E-state index contributed by atoms with van der Waals surface area (Å²) in [5, 5.41) is 9.12. The van der Waals surface area contributed by atoms with Crippen molar-refractivity contribution in [1.82, 2.24) is 0 Å². The molecule has 1 aliphatic carbocycles. The molecule has 2 nitrogen and oxygen atoms in total. The number of hydrogen-bond acceptors (Lipinski definition) is 2. The summed E-state index contributed by atoms with van der Waals surface area (Å²) in [7, 11) is -1.88. The van der Waals surface area contributed by atoms with Crippen LogP contribution in [0.1, 0.15) is 33.6 Å². The Morgan fingerprint density at radius 1 is 1.47 bits per heavy atom. The molecule has 2 atom stereocenters. The van der Waals surface area contributed by atoms with Gasteiger partial charge in [0.25, 0.3) is 0 Å². The van der Waals surface area contributed by atoms with Gasteiger partial charge in [-0.25, -0.2) is 4.39 Å². The molecular formula is C15H27FO2Si. The number of rotatable bonds is 3. The van der Waals surface area contributed by atoms with E-state index in [1.165, 1.54) is 0 Å². The third kappa shape index (κ3) is 4.00. The van der Waals surface area contributed by atoms with Gasteiger partial charge in [0.15, 0.2) is 8.32 Å². The van der Waals surface area contributed by atoms with E-state index in [1.54, 1.807) is 6.08 Å². The first kappa shape index (κ1) is 16.6. The van der Waals surface area contributed by atoms with Gasteiger partial charge in [0.05, 0.1) is 12.7 Å². The molecular weight excluding hydrogens is 259 g/mol. The summed E-state index contributed by atoms with van der Waals surface area (Å²) < 4.78 is 20.3. The van der Waals surface area contributed by atoms with Crippen LogP contribution >= 0.6 is 0 Å². The summed E-state index contributed by atoms with van der Waals surface area (Å²) in [5.41, 5.74) is 1.31. The van der Waals surface area contributed by atoms with E-state index in [0.29, 0.717) is 18.4 Å². The van der Waals surface area contributed by atoms with Gasteiger partial charge in [-0.3, -0.25) is 0 Å². The monoisotopic (exact) mass is 286 g/mol. The molecule has 1 unspecified atom stereocenters. The van der Waals surface area contributed by atoms with Crippen LogP contribution in [-0.4, -0.2) is 32.3 Å². The van der Waals surface area contributed by atoms with Gasteiger partial charge in [0.2, 0.25) is 0 Å². The van der Waals surface area contributed by atoms with E-state index in [4.69, 9.17) is 9.53 Å². The van der Waals surface area contributed by atoms with Gasteiger partial charge in [0.1, 0.15) is 6.17 Å². The van der Waals surface area contributed by atoms with Crippen molar-refractivity contribution in [2.45, 2.75) is 64.0 Å². The van der Waals surface area contributed by atoms with Crippen LogP contribution in [0.2, 0.25) is 18.1 Å². The second-order valence-corrected chi connectivity index (χ2v) is 11.6. The van der Waals surface area contributed by atoms with Crippen molar-refractivity contribution >= 4 is 8.32 Å². The largest absolute Gasteiger partial charge is 0.413 e. The molecule has 0 aromatic carbocycles. The molecule has 110 valence electrons. The zero-order valence-corrected chi connectivity index (χ0v) is 13.8. The summed E-state index contributed by atoms with van der Waals surface area (Å²) in [6, 6.07) is 0. The summed E-state index contributed by atoms with van der Waals surface area (Å²) in [6.07, 6.45) is 1.54. The predicted molar refractivity (Wildman–Crippen MR) is 80.5 cm³/mol. The lowest BCUT2D eigenvalue weighted by Crippen LogP contribution is -2.45. The van der Waals surface area contributed by atoms with Crippen LogP contribution in [0.15, 0.2) is 23.8 Å². The molecule has 0 heterocycles. The van der Waals surface area contributed by atoms with Crippen molar-refractivity contribution in [3.8, 4) is 0 Å². The van der Waals surface area contributed by atoms with Crippen LogP contribution in [0.3, 0.4) is 0 Å². The van der Waals surface area contributed by atoms with E-state index < -0.39 is 14.5 Å². The molecule has 0 aromatic heterocycles. The Bertz CT molecular complexity index is 369. The number of aliphatic hydroxyl groups excluding tert-OH is 1. The van der Waals surface area contributed by atoms with E-state index in [1.807, 2.05) is 0 Å². The van der Waals surface area contributed by atoms with Crippen LogP contribution in [0.4, 0.5) is 4.39 Å². The Morgan fingerprint density at radius 3 is 2.53 bits per heavy atom. The number of hydrogen-bond donors (Lipinski definition) is 1. The van der Waals surface area contributed by atoms with E-state index in [-0.39, 0.29) is 17.7 Å². The molecule has 0 aliphatic heterocycles. The molecule has 0 spiro atoms. The third-order valence-corrected chi connectivity index (χ3v) is 8.85. The van der Waals surface area contributed by atoms with Crippen molar-refractivity contribution in [2.24, 2.45) is 0 Å². The second-order valence-electron chi connectivity index (χ2n) is 6.84. The maximum Gasteiger partial charge on any atom is 0.192 e. The molecule has 1 aliphatic rings. The van der Waals surface area contributed by atoms with Gasteiger partial charge in [-0.05, 0) is 35.7 Å². The highest BCUT2D eigenvalue weighted by Crippen LogP contribution is 2.40. The topological polar surface area (TPSA) is 29.5 Å². The zero-order chi connectivity index (χ0) is 14.8. The molecule has 0 bridgehead atoms. The number of allylic oxidation sites excluding steroid dienone is 1. The Hall–Kier alpha value is -0.453. The lowest BCUT2D eigenvalue weighted by atomic mass is 9.87. The van der Waals surface area contributed by atoms with E-state index in [2.05, 4.69) is 40.4 Å². The van der Waals surface area contributed by atoms with Gasteiger partial charge >= 0.3 is 0 Å². The van der Waals surface area contributed by atoms with E-state index in [0.717, 1.165) is 5.57 Å². The summed E-state index contributed by atoms with van der Waals surface area (Å²) in [4.78, 5) is 0. The summed E-state index contributed by atoms with van der Waals surface area (Å²) >= 11 is 0. The van der Waals surface area contributed by atoms with Crippen LogP contribution in [-0.2, 0) is 4.43 Å². The Labute approximate surface area is 117 Å². The normalized spacial score (nSPS) is 27.9. The molecule has 19 heavy (non-hydrogen) atoms. The van der Waals surface area contributed by atoms with Gasteiger partial charge in [-0.2, -0.15) is 0 Å². The van der Waals surface area contributed by atoms with Crippen molar-refractivity contribution in [1.29, 1.82) is 0 Å². The standard InChI is InChI=1S/C15H27FO2Si/c1-11-12(7-8-17)9-13(10-14(11)16)18-19(5,6)15(2,3)4/h7,13-14,17H,1,8-10H2,2-6H3/b12-7-/t13?,14-/m0/s1. The fourth-order valence-electron chi connectivity index (χ4n) is 2.04. The SMILES string of the molecule is C=C1/C(=C\CO)CC(O[Si](C)(C)C(C)(C)C)C[C@@H]1F. The highest BCUT2D eigenvalue weighted by atomic mass is 28.4. The smallest absolute Gasteiger partial charge is 0.192 e. The maximum atomic E-state index is 14.0. The van der Waals surface area contributed by atoms with Gasteiger partial charge in [-0.1, -0.05) is 33.4 Å². The van der Waals surface area contributed by atoms with Crippen LogP contribution in [0.25, 0.3) is 0 Å². The second kappa shape index (κ2) is 5.90. The Morgan fingerprint density at radius 2 is 2.05 bits per heavy atom. The Kier molecular flexibility index (Phi) is 5.15. The van der Waals surface area contributed by atoms with Crippen LogP contribution in [0, 0.1) is 0 Å². The lowest BCUT2D eigenvalue weighted by molar-refractivity contribution is 0.131.